The molecule has 16 heavy (non-hydrogen) atoms. The van der Waals surface area contributed by atoms with Crippen molar-refractivity contribution in [3.05, 3.63) is 0 Å². The second kappa shape index (κ2) is 2.41. The second-order valence-electron chi connectivity index (χ2n) is 5.77. The number of hydrogen-bond acceptors (Lipinski definition) is 2. The molecule has 0 amide bonds. The third-order valence-electron chi connectivity index (χ3n) is 5.10. The van der Waals surface area contributed by atoms with Gasteiger partial charge in [-0.15, -0.1) is 0 Å². The van der Waals surface area contributed by atoms with Gasteiger partial charge in [0, 0.05) is 5.92 Å². The topological polar surface area (TPSA) is 26.3 Å². The number of carbonyl (C=O) groups is 1. The van der Waals surface area contributed by atoms with Crippen LogP contribution < -0.4 is 0 Å². The fourth-order valence-electron chi connectivity index (χ4n) is 4.07. The number of ether oxygens (including phenoxy) is 1. The van der Waals surface area contributed by atoms with E-state index in [1.807, 2.05) is 13.8 Å². The zero-order valence-corrected chi connectivity index (χ0v) is 9.10. The fraction of sp³-hybridized carbons (Fsp3) is 0.909. The molecule has 3 fully saturated rings. The highest BCUT2D eigenvalue weighted by molar-refractivity contribution is 5.82. The molecular weight excluding hydrogens is 221 g/mol. The molecular formula is C11H13F3O2. The van der Waals surface area contributed by atoms with Crippen LogP contribution in [0.15, 0.2) is 0 Å². The molecule has 0 aromatic heterocycles. The van der Waals surface area contributed by atoms with Crippen LogP contribution in [0.2, 0.25) is 0 Å². The third-order valence-corrected chi connectivity index (χ3v) is 5.10. The number of fused-ring (bicyclic) bond motifs is 1. The Hall–Kier alpha value is -0.740. The first kappa shape index (κ1) is 10.4. The van der Waals surface area contributed by atoms with Crippen molar-refractivity contribution < 1.29 is 22.7 Å². The highest BCUT2D eigenvalue weighted by Crippen LogP contribution is 2.73. The van der Waals surface area contributed by atoms with E-state index < -0.39 is 35.0 Å². The van der Waals surface area contributed by atoms with E-state index in [-0.39, 0.29) is 12.3 Å². The summed E-state index contributed by atoms with van der Waals surface area (Å²) in [6.45, 7) is 3.74. The first-order chi connectivity index (χ1) is 7.22. The summed E-state index contributed by atoms with van der Waals surface area (Å²) < 4.78 is 44.4. The molecule has 2 bridgehead atoms. The van der Waals surface area contributed by atoms with Crippen LogP contribution in [0.4, 0.5) is 13.2 Å². The average molecular weight is 234 g/mol. The van der Waals surface area contributed by atoms with E-state index in [0.717, 1.165) is 0 Å². The van der Waals surface area contributed by atoms with Crippen molar-refractivity contribution >= 4 is 5.97 Å². The summed E-state index contributed by atoms with van der Waals surface area (Å²) in [5.41, 5.74) is -2.59. The SMILES string of the molecule is CC1C2OC(=O)C3(C(F)(F)F)CC1(C)CC23. The van der Waals surface area contributed by atoms with Crippen LogP contribution in [0.25, 0.3) is 0 Å². The maximum atomic E-state index is 13.1. The lowest BCUT2D eigenvalue weighted by molar-refractivity contribution is -0.231. The Morgan fingerprint density at radius 2 is 2.06 bits per heavy atom. The van der Waals surface area contributed by atoms with Gasteiger partial charge in [0.05, 0.1) is 0 Å². The number of rotatable bonds is 0. The molecule has 0 aromatic rings. The molecule has 5 unspecified atom stereocenters. The Bertz CT molecular complexity index is 378. The molecule has 0 aromatic carbocycles. The molecule has 2 nitrogen and oxygen atoms in total. The monoisotopic (exact) mass is 234 g/mol. The molecule has 1 saturated heterocycles. The first-order valence-electron chi connectivity index (χ1n) is 5.50. The van der Waals surface area contributed by atoms with E-state index in [1.165, 1.54) is 0 Å². The van der Waals surface area contributed by atoms with Gasteiger partial charge >= 0.3 is 12.1 Å². The Morgan fingerprint density at radius 1 is 1.44 bits per heavy atom. The van der Waals surface area contributed by atoms with E-state index in [0.29, 0.717) is 6.42 Å². The van der Waals surface area contributed by atoms with E-state index in [9.17, 15) is 18.0 Å². The van der Waals surface area contributed by atoms with E-state index in [4.69, 9.17) is 4.74 Å². The Kier molecular flexibility index (Phi) is 1.57. The lowest BCUT2D eigenvalue weighted by Crippen LogP contribution is -2.48. The summed E-state index contributed by atoms with van der Waals surface area (Å²) in [5.74, 6) is -1.65. The van der Waals surface area contributed by atoms with Gasteiger partial charge in [-0.25, -0.2) is 0 Å². The quantitative estimate of drug-likeness (QED) is 0.602. The van der Waals surface area contributed by atoms with Crippen LogP contribution in [0.5, 0.6) is 0 Å². The summed E-state index contributed by atoms with van der Waals surface area (Å²) >= 11 is 0. The molecule has 2 aliphatic carbocycles. The number of hydrogen-bond donors (Lipinski definition) is 0. The Labute approximate surface area is 91.1 Å². The second-order valence-corrected chi connectivity index (χ2v) is 5.77. The van der Waals surface area contributed by atoms with Crippen LogP contribution in [0.3, 0.4) is 0 Å². The molecule has 2 saturated carbocycles. The van der Waals surface area contributed by atoms with E-state index >= 15 is 0 Å². The van der Waals surface area contributed by atoms with Crippen molar-refractivity contribution in [1.82, 2.24) is 0 Å². The smallest absolute Gasteiger partial charge is 0.405 e. The molecule has 3 rings (SSSR count). The minimum atomic E-state index is -4.47. The van der Waals surface area contributed by atoms with Gasteiger partial charge in [0.2, 0.25) is 0 Å². The normalized spacial score (nSPS) is 54.6. The van der Waals surface area contributed by atoms with Gasteiger partial charge in [-0.3, -0.25) is 4.79 Å². The standard InChI is InChI=1S/C11H13F3O2/c1-5-7-6-3-9(5,2)4-10(6,8(15)16-7)11(12,13)14/h5-7H,3-4H2,1-2H3. The van der Waals surface area contributed by atoms with Crippen LogP contribution in [0.1, 0.15) is 26.7 Å². The highest BCUT2D eigenvalue weighted by atomic mass is 19.4. The molecule has 0 N–H and O–H groups in total. The minimum absolute atomic E-state index is 0.0411. The molecule has 1 aliphatic heterocycles. The summed E-state index contributed by atoms with van der Waals surface area (Å²) in [7, 11) is 0. The first-order valence-corrected chi connectivity index (χ1v) is 5.50. The summed E-state index contributed by atoms with van der Waals surface area (Å²) in [6, 6.07) is 0. The third kappa shape index (κ3) is 0.821. The zero-order chi connectivity index (χ0) is 11.9. The van der Waals surface area contributed by atoms with Crippen LogP contribution >= 0.6 is 0 Å². The Balaban J connectivity index is 2.14. The van der Waals surface area contributed by atoms with Crippen molar-refractivity contribution in [3.63, 3.8) is 0 Å². The van der Waals surface area contributed by atoms with Gasteiger partial charge in [-0.1, -0.05) is 13.8 Å². The summed E-state index contributed by atoms with van der Waals surface area (Å²) in [4.78, 5) is 11.6. The van der Waals surface area contributed by atoms with Crippen LogP contribution in [0, 0.1) is 22.7 Å². The van der Waals surface area contributed by atoms with Gasteiger partial charge in [-0.05, 0) is 24.2 Å². The minimum Gasteiger partial charge on any atom is -0.461 e. The van der Waals surface area contributed by atoms with Gasteiger partial charge < -0.3 is 4.74 Å². The summed E-state index contributed by atoms with van der Waals surface area (Å²) in [5, 5.41) is 0. The van der Waals surface area contributed by atoms with E-state index in [2.05, 4.69) is 0 Å². The number of halogens is 3. The van der Waals surface area contributed by atoms with Gasteiger partial charge in [0.15, 0.2) is 5.41 Å². The highest BCUT2D eigenvalue weighted by Gasteiger charge is 2.81. The van der Waals surface area contributed by atoms with Gasteiger partial charge in [-0.2, -0.15) is 13.2 Å². The number of alkyl halides is 3. The maximum Gasteiger partial charge on any atom is 0.405 e. The van der Waals surface area contributed by atoms with Crippen molar-refractivity contribution in [2.24, 2.45) is 22.7 Å². The fourth-order valence-corrected chi connectivity index (χ4v) is 4.07. The van der Waals surface area contributed by atoms with Gasteiger partial charge in [0.1, 0.15) is 6.10 Å². The van der Waals surface area contributed by atoms with Gasteiger partial charge in [0.25, 0.3) is 0 Å². The summed E-state index contributed by atoms with van der Waals surface area (Å²) in [6.07, 6.45) is -4.62. The largest absolute Gasteiger partial charge is 0.461 e. The lowest BCUT2D eigenvalue weighted by atomic mass is 9.66. The zero-order valence-electron chi connectivity index (χ0n) is 9.10. The molecule has 1 heterocycles. The molecule has 3 aliphatic rings. The molecule has 5 atom stereocenters. The Morgan fingerprint density at radius 3 is 2.56 bits per heavy atom. The van der Waals surface area contributed by atoms with Crippen LogP contribution in [-0.2, 0) is 9.53 Å². The van der Waals surface area contributed by atoms with Crippen LogP contribution in [-0.4, -0.2) is 18.2 Å². The maximum absolute atomic E-state index is 13.1. The van der Waals surface area contributed by atoms with Crippen molar-refractivity contribution in [2.75, 3.05) is 0 Å². The average Bonchev–Trinajstić information content (AvgIpc) is 2.64. The molecule has 0 radical (unpaired) electrons. The van der Waals surface area contributed by atoms with Crippen molar-refractivity contribution in [3.8, 4) is 0 Å². The van der Waals surface area contributed by atoms with Crippen molar-refractivity contribution in [2.45, 2.75) is 39.0 Å². The van der Waals surface area contributed by atoms with Crippen molar-refractivity contribution in [1.29, 1.82) is 0 Å². The number of carbonyl (C=O) groups excluding carboxylic acids is 1. The number of esters is 1. The molecule has 90 valence electrons. The molecule has 5 heteroatoms. The predicted molar refractivity (Wildman–Crippen MR) is 48.4 cm³/mol. The lowest BCUT2D eigenvalue weighted by Gasteiger charge is -2.36. The predicted octanol–water partition coefficient (Wildman–Crippen LogP) is 2.53. The van der Waals surface area contributed by atoms with E-state index in [1.54, 1.807) is 0 Å². The molecule has 0 spiro atoms.